The van der Waals surface area contributed by atoms with Gasteiger partial charge in [-0.05, 0) is 51.0 Å². The van der Waals surface area contributed by atoms with Crippen LogP contribution in [0.1, 0.15) is 43.0 Å². The van der Waals surface area contributed by atoms with Gasteiger partial charge in [-0.25, -0.2) is 0 Å². The van der Waals surface area contributed by atoms with Crippen molar-refractivity contribution in [2.75, 3.05) is 18.0 Å². The number of aromatic nitrogens is 1. The number of benzene rings is 1. The largest absolute Gasteiger partial charge is 0.358 e. The molecule has 0 spiro atoms. The monoisotopic (exact) mass is 500 g/mol. The van der Waals surface area contributed by atoms with Crippen molar-refractivity contribution in [1.29, 1.82) is 5.26 Å². The van der Waals surface area contributed by atoms with Crippen molar-refractivity contribution in [1.82, 2.24) is 9.47 Å². The van der Waals surface area contributed by atoms with E-state index in [0.29, 0.717) is 50.8 Å². The highest BCUT2D eigenvalue weighted by Gasteiger charge is 2.33. The second kappa shape index (κ2) is 10.6. The average molecular weight is 501 g/mol. The third kappa shape index (κ3) is 4.72. The van der Waals surface area contributed by atoms with Crippen LogP contribution in [0, 0.1) is 18.3 Å². The Morgan fingerprint density at radius 1 is 1.21 bits per heavy atom. The van der Waals surface area contributed by atoms with Crippen molar-refractivity contribution in [3.8, 4) is 6.07 Å². The molecule has 1 aromatic carbocycles. The van der Waals surface area contributed by atoms with Gasteiger partial charge in [-0.15, -0.1) is 0 Å². The van der Waals surface area contributed by atoms with E-state index in [1.54, 1.807) is 23.6 Å². The van der Waals surface area contributed by atoms with Gasteiger partial charge in [-0.1, -0.05) is 53.8 Å². The summed E-state index contributed by atoms with van der Waals surface area (Å²) in [5.74, 6) is 0.489. The number of carbonyl (C=O) groups excluding carboxylic acids is 1. The predicted octanol–water partition coefficient (Wildman–Crippen LogP) is 4.95. The average Bonchev–Trinajstić information content (AvgIpc) is 3.06. The van der Waals surface area contributed by atoms with Crippen LogP contribution in [0.3, 0.4) is 0 Å². The van der Waals surface area contributed by atoms with Crippen molar-refractivity contribution >= 4 is 57.7 Å². The van der Waals surface area contributed by atoms with Crippen molar-refractivity contribution in [3.63, 3.8) is 0 Å². The molecule has 1 aliphatic heterocycles. The van der Waals surface area contributed by atoms with Crippen molar-refractivity contribution in [2.45, 2.75) is 40.8 Å². The molecule has 2 heterocycles. The number of nitriles is 1. The number of hydrogen-bond acceptors (Lipinski definition) is 6. The second-order valence-corrected chi connectivity index (χ2v) is 9.51. The zero-order valence-electron chi connectivity index (χ0n) is 19.0. The van der Waals surface area contributed by atoms with E-state index in [4.69, 9.17) is 23.8 Å². The smallest absolute Gasteiger partial charge is 0.270 e. The Morgan fingerprint density at radius 2 is 1.88 bits per heavy atom. The number of nitrogens with zero attached hydrogens (tertiary/aromatic N) is 4. The van der Waals surface area contributed by atoms with Crippen LogP contribution < -0.4 is 10.5 Å². The number of rotatable bonds is 7. The second-order valence-electron chi connectivity index (χ2n) is 7.43. The number of thiocarbonyl (C=S) groups is 1. The van der Waals surface area contributed by atoms with Gasteiger partial charge in [0, 0.05) is 30.2 Å². The zero-order valence-corrected chi connectivity index (χ0v) is 21.4. The molecule has 0 N–H and O–H groups in total. The van der Waals surface area contributed by atoms with E-state index in [2.05, 4.69) is 4.90 Å². The minimum Gasteiger partial charge on any atom is -0.358 e. The van der Waals surface area contributed by atoms with E-state index in [0.717, 1.165) is 5.56 Å². The first kappa shape index (κ1) is 25.0. The standard InChI is InChI=1S/C24H25ClN4O2S2/c1-5-27(6-2)21-17(15(4)18(13-26)22(30)28(21)7-3)12-20-23(31)29(24(32)33-20)14-16-10-8-9-11-19(16)25/h8-12H,5-7,14H2,1-4H3. The van der Waals surface area contributed by atoms with Gasteiger partial charge in [-0.3, -0.25) is 19.1 Å². The van der Waals surface area contributed by atoms with Crippen LogP contribution in [0.5, 0.6) is 0 Å². The quantitative estimate of drug-likeness (QED) is 0.396. The first-order chi connectivity index (χ1) is 15.8. The maximum Gasteiger partial charge on any atom is 0.270 e. The summed E-state index contributed by atoms with van der Waals surface area (Å²) in [6.45, 7) is 9.68. The minimum absolute atomic E-state index is 0.0885. The maximum absolute atomic E-state index is 13.3. The number of halogens is 1. The number of anilines is 1. The molecule has 9 heteroatoms. The lowest BCUT2D eigenvalue weighted by atomic mass is 10.0. The van der Waals surface area contributed by atoms with Crippen molar-refractivity contribution in [2.24, 2.45) is 0 Å². The van der Waals surface area contributed by atoms with Gasteiger partial charge in [0.2, 0.25) is 0 Å². The van der Waals surface area contributed by atoms with Gasteiger partial charge in [-0.2, -0.15) is 5.26 Å². The highest BCUT2D eigenvalue weighted by Crippen LogP contribution is 2.37. The van der Waals surface area contributed by atoms with Crippen LogP contribution >= 0.6 is 35.6 Å². The van der Waals surface area contributed by atoms with E-state index >= 15 is 0 Å². The van der Waals surface area contributed by atoms with Gasteiger partial charge < -0.3 is 4.90 Å². The highest BCUT2D eigenvalue weighted by atomic mass is 35.5. The molecule has 1 aliphatic rings. The van der Waals surface area contributed by atoms with Crippen LogP contribution in [0.2, 0.25) is 5.02 Å². The first-order valence-corrected chi connectivity index (χ1v) is 12.3. The van der Waals surface area contributed by atoms with Crippen LogP contribution in [0.15, 0.2) is 34.0 Å². The molecule has 0 atom stereocenters. The Bertz CT molecular complexity index is 1240. The molecule has 3 rings (SSSR count). The highest BCUT2D eigenvalue weighted by molar-refractivity contribution is 8.26. The Kier molecular flexibility index (Phi) is 8.01. The molecule has 0 unspecified atom stereocenters. The number of amides is 1. The fourth-order valence-corrected chi connectivity index (χ4v) is 5.30. The normalized spacial score (nSPS) is 14.8. The molecule has 33 heavy (non-hydrogen) atoms. The van der Waals surface area contributed by atoms with Crippen molar-refractivity contribution in [3.05, 3.63) is 66.8 Å². The molecular formula is C24H25ClN4O2S2. The summed E-state index contributed by atoms with van der Waals surface area (Å²) < 4.78 is 2.05. The summed E-state index contributed by atoms with van der Waals surface area (Å²) in [4.78, 5) is 30.3. The van der Waals surface area contributed by atoms with E-state index in [-0.39, 0.29) is 23.6 Å². The Morgan fingerprint density at radius 3 is 2.45 bits per heavy atom. The molecule has 0 aliphatic carbocycles. The molecule has 1 amide bonds. The maximum atomic E-state index is 13.3. The van der Waals surface area contributed by atoms with Gasteiger partial charge in [0.05, 0.1) is 11.4 Å². The third-order valence-corrected chi connectivity index (χ3v) is 7.41. The van der Waals surface area contributed by atoms with Crippen LogP contribution in [-0.2, 0) is 17.9 Å². The Balaban J connectivity index is 2.15. The molecular weight excluding hydrogens is 476 g/mol. The zero-order chi connectivity index (χ0) is 24.3. The van der Waals surface area contributed by atoms with Gasteiger partial charge >= 0.3 is 0 Å². The lowest BCUT2D eigenvalue weighted by molar-refractivity contribution is -0.122. The fourth-order valence-electron chi connectivity index (χ4n) is 3.87. The summed E-state index contributed by atoms with van der Waals surface area (Å²) in [6.07, 6.45) is 1.77. The summed E-state index contributed by atoms with van der Waals surface area (Å²) >= 11 is 13.0. The molecule has 1 aromatic heterocycles. The van der Waals surface area contributed by atoms with Crippen LogP contribution in [-0.4, -0.2) is 32.8 Å². The molecule has 1 fully saturated rings. The Labute approximate surface area is 208 Å². The predicted molar refractivity (Wildman–Crippen MR) is 140 cm³/mol. The molecule has 0 radical (unpaired) electrons. The molecule has 0 bridgehead atoms. The van der Waals surface area contributed by atoms with Gasteiger partial charge in [0.15, 0.2) is 0 Å². The third-order valence-electron chi connectivity index (χ3n) is 5.66. The number of hydrogen-bond donors (Lipinski definition) is 0. The molecule has 1 saturated heterocycles. The summed E-state index contributed by atoms with van der Waals surface area (Å²) in [5.41, 5.74) is 1.83. The number of thioether (sulfide) groups is 1. The topological polar surface area (TPSA) is 69.3 Å². The molecule has 172 valence electrons. The van der Waals surface area contributed by atoms with E-state index < -0.39 is 0 Å². The molecule has 2 aromatic rings. The van der Waals surface area contributed by atoms with Gasteiger partial charge in [0.1, 0.15) is 21.8 Å². The first-order valence-electron chi connectivity index (χ1n) is 10.7. The van der Waals surface area contributed by atoms with Crippen LogP contribution in [0.4, 0.5) is 5.82 Å². The summed E-state index contributed by atoms with van der Waals surface area (Å²) in [6, 6.07) is 9.40. The van der Waals surface area contributed by atoms with Crippen molar-refractivity contribution < 1.29 is 4.79 Å². The summed E-state index contributed by atoms with van der Waals surface area (Å²) in [5, 5.41) is 10.2. The number of carbonyl (C=O) groups is 1. The molecule has 6 nitrogen and oxygen atoms in total. The Hall–Kier alpha value is -2.60. The van der Waals surface area contributed by atoms with E-state index in [1.807, 2.05) is 45.0 Å². The molecule has 0 saturated carbocycles. The summed E-state index contributed by atoms with van der Waals surface area (Å²) in [7, 11) is 0. The number of pyridine rings is 1. The minimum atomic E-state index is -0.317. The van der Waals surface area contributed by atoms with Crippen LogP contribution in [0.25, 0.3) is 6.08 Å². The van der Waals surface area contributed by atoms with E-state index in [9.17, 15) is 14.9 Å². The lowest BCUT2D eigenvalue weighted by Gasteiger charge is -2.28. The fraction of sp³-hybridized carbons (Fsp3) is 0.333. The van der Waals surface area contributed by atoms with E-state index in [1.165, 1.54) is 16.7 Å². The van der Waals surface area contributed by atoms with Gasteiger partial charge in [0.25, 0.3) is 11.5 Å². The lowest BCUT2D eigenvalue weighted by Crippen LogP contribution is -2.34. The SMILES string of the molecule is CCN(CC)c1c(C=C2SC(=S)N(Cc3ccccc3Cl)C2=O)c(C)c(C#N)c(=O)n1CC.